The van der Waals surface area contributed by atoms with E-state index in [0.29, 0.717) is 12.0 Å². The Morgan fingerprint density at radius 2 is 2.18 bits per heavy atom. The summed E-state index contributed by atoms with van der Waals surface area (Å²) in [6.07, 6.45) is 0.360. The highest BCUT2D eigenvalue weighted by Gasteiger charge is 2.30. The summed E-state index contributed by atoms with van der Waals surface area (Å²) in [7, 11) is -3.09. The van der Waals surface area contributed by atoms with Crippen molar-refractivity contribution in [2.75, 3.05) is 11.5 Å². The van der Waals surface area contributed by atoms with Crippen LogP contribution in [0.25, 0.3) is 11.5 Å². The topological polar surface area (TPSA) is 102 Å². The van der Waals surface area contributed by atoms with Crippen LogP contribution in [0.5, 0.6) is 0 Å². The summed E-state index contributed by atoms with van der Waals surface area (Å²) in [5.74, 6) is -1.41. The molecule has 1 aliphatic heterocycles. The molecule has 1 aromatic heterocycles. The van der Waals surface area contributed by atoms with Crippen LogP contribution in [0.2, 0.25) is 0 Å². The molecule has 22 heavy (non-hydrogen) atoms. The van der Waals surface area contributed by atoms with Crippen LogP contribution in [0.15, 0.2) is 28.7 Å². The van der Waals surface area contributed by atoms with Gasteiger partial charge in [0, 0.05) is 11.6 Å². The number of hydrogen-bond acceptors (Lipinski definition) is 6. The Morgan fingerprint density at radius 1 is 1.36 bits per heavy atom. The number of rotatable bonds is 3. The molecule has 0 radical (unpaired) electrons. The van der Waals surface area contributed by atoms with Gasteiger partial charge in [0.1, 0.15) is 5.82 Å². The lowest BCUT2D eigenvalue weighted by Gasteiger charge is -2.07. The van der Waals surface area contributed by atoms with Gasteiger partial charge in [0.15, 0.2) is 9.84 Å². The van der Waals surface area contributed by atoms with Crippen molar-refractivity contribution in [2.24, 2.45) is 0 Å². The van der Waals surface area contributed by atoms with Crippen molar-refractivity contribution in [3.63, 3.8) is 0 Å². The van der Waals surface area contributed by atoms with E-state index >= 15 is 0 Å². The molecule has 1 N–H and O–H groups in total. The van der Waals surface area contributed by atoms with Crippen molar-refractivity contribution < 1.29 is 22.0 Å². The van der Waals surface area contributed by atoms with Gasteiger partial charge < -0.3 is 9.73 Å². The van der Waals surface area contributed by atoms with E-state index in [1.807, 2.05) is 0 Å². The Labute approximate surface area is 125 Å². The van der Waals surface area contributed by atoms with Gasteiger partial charge in [0.05, 0.1) is 11.5 Å². The summed E-state index contributed by atoms with van der Waals surface area (Å²) in [4.78, 5) is 11.9. The maximum absolute atomic E-state index is 13.1. The first-order chi connectivity index (χ1) is 10.4. The van der Waals surface area contributed by atoms with E-state index in [2.05, 4.69) is 15.5 Å². The number of benzene rings is 1. The zero-order valence-corrected chi connectivity index (χ0v) is 12.1. The lowest BCUT2D eigenvalue weighted by Crippen LogP contribution is -2.35. The van der Waals surface area contributed by atoms with E-state index in [0.717, 1.165) is 0 Å². The minimum atomic E-state index is -3.09. The van der Waals surface area contributed by atoms with Gasteiger partial charge in [-0.1, -0.05) is 6.07 Å². The van der Waals surface area contributed by atoms with E-state index in [4.69, 9.17) is 4.42 Å². The fraction of sp³-hybridized carbons (Fsp3) is 0.308. The Bertz CT molecular complexity index is 818. The quantitative estimate of drug-likeness (QED) is 0.895. The van der Waals surface area contributed by atoms with E-state index < -0.39 is 27.6 Å². The molecule has 3 rings (SSSR count). The van der Waals surface area contributed by atoms with Crippen molar-refractivity contribution in [3.8, 4) is 11.5 Å². The SMILES string of the molecule is O=C(NC1CCS(=O)(=O)C1)c1nnc(-c2cccc(F)c2)o1. The average molecular weight is 325 g/mol. The van der Waals surface area contributed by atoms with Crippen LogP contribution in [0.4, 0.5) is 4.39 Å². The molecule has 1 unspecified atom stereocenters. The second kappa shape index (κ2) is 5.48. The molecule has 116 valence electrons. The van der Waals surface area contributed by atoms with Gasteiger partial charge in [0.2, 0.25) is 5.89 Å². The van der Waals surface area contributed by atoms with Crippen LogP contribution in [0.1, 0.15) is 17.1 Å². The summed E-state index contributed by atoms with van der Waals surface area (Å²) >= 11 is 0. The van der Waals surface area contributed by atoms with Gasteiger partial charge in [-0.25, -0.2) is 12.8 Å². The fourth-order valence-corrected chi connectivity index (χ4v) is 3.88. The summed E-state index contributed by atoms with van der Waals surface area (Å²) < 4.78 is 41.0. The Morgan fingerprint density at radius 3 is 2.86 bits per heavy atom. The number of halogens is 1. The molecular weight excluding hydrogens is 313 g/mol. The molecule has 1 fully saturated rings. The third-order valence-electron chi connectivity index (χ3n) is 3.26. The summed E-state index contributed by atoms with van der Waals surface area (Å²) in [6, 6.07) is 5.08. The van der Waals surface area contributed by atoms with Gasteiger partial charge in [-0.3, -0.25) is 4.79 Å². The van der Waals surface area contributed by atoms with Gasteiger partial charge in [-0.15, -0.1) is 10.2 Å². The first-order valence-electron chi connectivity index (χ1n) is 6.54. The smallest absolute Gasteiger partial charge is 0.309 e. The number of aromatic nitrogens is 2. The number of carbonyl (C=O) groups is 1. The molecule has 9 heteroatoms. The maximum atomic E-state index is 13.1. The monoisotopic (exact) mass is 325 g/mol. The third-order valence-corrected chi connectivity index (χ3v) is 5.03. The minimum Gasteiger partial charge on any atom is -0.412 e. The van der Waals surface area contributed by atoms with E-state index in [9.17, 15) is 17.6 Å². The van der Waals surface area contributed by atoms with Crippen molar-refractivity contribution in [1.29, 1.82) is 0 Å². The van der Waals surface area contributed by atoms with Gasteiger partial charge >= 0.3 is 11.8 Å². The van der Waals surface area contributed by atoms with E-state index in [-0.39, 0.29) is 23.3 Å². The molecule has 0 aliphatic carbocycles. The van der Waals surface area contributed by atoms with Gasteiger partial charge in [-0.2, -0.15) is 0 Å². The normalized spacial score (nSPS) is 20.0. The van der Waals surface area contributed by atoms with Crippen LogP contribution in [-0.2, 0) is 9.84 Å². The molecule has 1 aliphatic rings. The average Bonchev–Trinajstić information content (AvgIpc) is 3.06. The zero-order valence-electron chi connectivity index (χ0n) is 11.3. The van der Waals surface area contributed by atoms with Crippen LogP contribution in [0.3, 0.4) is 0 Å². The standard InChI is InChI=1S/C13H12FN3O4S/c14-9-3-1-2-8(6-9)12-16-17-13(21-12)11(18)15-10-4-5-22(19,20)7-10/h1-3,6,10H,4-5,7H2,(H,15,18). The zero-order chi connectivity index (χ0) is 15.7. The van der Waals surface area contributed by atoms with Gasteiger partial charge in [-0.05, 0) is 24.6 Å². The molecule has 0 spiro atoms. The lowest BCUT2D eigenvalue weighted by molar-refractivity contribution is 0.0907. The molecule has 7 nitrogen and oxygen atoms in total. The molecular formula is C13H12FN3O4S. The Hall–Kier alpha value is -2.29. The highest BCUT2D eigenvalue weighted by atomic mass is 32.2. The van der Waals surface area contributed by atoms with Crippen molar-refractivity contribution in [2.45, 2.75) is 12.5 Å². The third kappa shape index (κ3) is 3.14. The maximum Gasteiger partial charge on any atom is 0.309 e. The molecule has 1 atom stereocenters. The number of nitrogens with zero attached hydrogens (tertiary/aromatic N) is 2. The van der Waals surface area contributed by atoms with Crippen LogP contribution in [-0.4, -0.2) is 42.1 Å². The number of nitrogens with one attached hydrogen (secondary N) is 1. The van der Waals surface area contributed by atoms with E-state index in [1.54, 1.807) is 6.07 Å². The number of hydrogen-bond donors (Lipinski definition) is 1. The first-order valence-corrected chi connectivity index (χ1v) is 8.36. The molecule has 0 bridgehead atoms. The molecule has 1 saturated heterocycles. The number of carbonyl (C=O) groups excluding carboxylic acids is 1. The predicted molar refractivity (Wildman–Crippen MR) is 74.2 cm³/mol. The van der Waals surface area contributed by atoms with Crippen LogP contribution < -0.4 is 5.32 Å². The van der Waals surface area contributed by atoms with E-state index in [1.165, 1.54) is 18.2 Å². The fourth-order valence-electron chi connectivity index (χ4n) is 2.21. The Kier molecular flexibility index (Phi) is 3.65. The largest absolute Gasteiger partial charge is 0.412 e. The Balaban J connectivity index is 1.72. The summed E-state index contributed by atoms with van der Waals surface area (Å²) in [6.45, 7) is 0. The van der Waals surface area contributed by atoms with Crippen molar-refractivity contribution >= 4 is 15.7 Å². The summed E-state index contributed by atoms with van der Waals surface area (Å²) in [5, 5.41) is 9.83. The van der Waals surface area contributed by atoms with Crippen LogP contribution >= 0.6 is 0 Å². The van der Waals surface area contributed by atoms with Gasteiger partial charge in [0.25, 0.3) is 0 Å². The first kappa shape index (κ1) is 14.6. The minimum absolute atomic E-state index is 0.0173. The number of sulfone groups is 1. The molecule has 2 aromatic rings. The lowest BCUT2D eigenvalue weighted by atomic mass is 10.2. The predicted octanol–water partition coefficient (Wildman–Crippen LogP) is 0.793. The highest BCUT2D eigenvalue weighted by molar-refractivity contribution is 7.91. The molecule has 1 amide bonds. The molecule has 1 aromatic carbocycles. The second-order valence-electron chi connectivity index (χ2n) is 5.00. The summed E-state index contributed by atoms with van der Waals surface area (Å²) in [5.41, 5.74) is 0.356. The van der Waals surface area contributed by atoms with Crippen molar-refractivity contribution in [1.82, 2.24) is 15.5 Å². The highest BCUT2D eigenvalue weighted by Crippen LogP contribution is 2.19. The molecule has 0 saturated carbocycles. The molecule has 2 heterocycles. The second-order valence-corrected chi connectivity index (χ2v) is 7.22. The van der Waals surface area contributed by atoms with Crippen LogP contribution in [0, 0.1) is 5.82 Å². The number of amides is 1. The van der Waals surface area contributed by atoms with Crippen molar-refractivity contribution in [3.05, 3.63) is 36.0 Å².